The summed E-state index contributed by atoms with van der Waals surface area (Å²) in [5, 5.41) is 10.8. The number of nitro groups is 1. The van der Waals surface area contributed by atoms with Gasteiger partial charge in [-0.15, -0.1) is 6.58 Å². The lowest BCUT2D eigenvalue weighted by atomic mass is 10.1. The number of methoxy groups -OCH3 is 1. The molecular formula is C11H10FNO4. The van der Waals surface area contributed by atoms with Crippen molar-refractivity contribution in [1.29, 1.82) is 0 Å². The minimum absolute atomic E-state index is 0.111. The van der Waals surface area contributed by atoms with Crippen LogP contribution in [0.25, 0.3) is 0 Å². The van der Waals surface area contributed by atoms with Crippen molar-refractivity contribution in [3.8, 4) is 0 Å². The van der Waals surface area contributed by atoms with E-state index < -0.39 is 28.0 Å². The van der Waals surface area contributed by atoms with Crippen LogP contribution in [0, 0.1) is 15.9 Å². The number of hydrogen-bond donors (Lipinski definition) is 0. The predicted octanol–water partition coefficient (Wildman–Crippen LogP) is 2.25. The summed E-state index contributed by atoms with van der Waals surface area (Å²) in [5.41, 5.74) is -0.766. The van der Waals surface area contributed by atoms with E-state index in [0.29, 0.717) is 0 Å². The van der Waals surface area contributed by atoms with Crippen molar-refractivity contribution in [1.82, 2.24) is 0 Å². The summed E-state index contributed by atoms with van der Waals surface area (Å²) in [6.07, 6.45) is 1.56. The Bertz CT molecular complexity index is 485. The van der Waals surface area contributed by atoms with E-state index in [1.54, 1.807) is 0 Å². The Labute approximate surface area is 96.7 Å². The fourth-order valence-corrected chi connectivity index (χ4v) is 1.34. The summed E-state index contributed by atoms with van der Waals surface area (Å²) in [6, 6.07) is 1.83. The Hall–Kier alpha value is -2.24. The molecule has 0 radical (unpaired) electrons. The molecule has 0 saturated heterocycles. The van der Waals surface area contributed by atoms with Gasteiger partial charge in [-0.25, -0.2) is 9.18 Å². The molecule has 5 nitrogen and oxygen atoms in total. The van der Waals surface area contributed by atoms with E-state index >= 15 is 0 Å². The zero-order valence-corrected chi connectivity index (χ0v) is 9.10. The Kier molecular flexibility index (Phi) is 3.92. The number of esters is 1. The number of benzene rings is 1. The molecule has 0 fully saturated rings. The topological polar surface area (TPSA) is 69.4 Å². The van der Waals surface area contributed by atoms with Crippen molar-refractivity contribution >= 4 is 11.7 Å². The van der Waals surface area contributed by atoms with E-state index in [2.05, 4.69) is 11.3 Å². The lowest BCUT2D eigenvalue weighted by Crippen LogP contribution is -2.07. The zero-order chi connectivity index (χ0) is 13.0. The minimum atomic E-state index is -0.944. The molecule has 0 amide bonds. The zero-order valence-electron chi connectivity index (χ0n) is 9.10. The number of carbonyl (C=O) groups is 1. The molecule has 6 heteroatoms. The van der Waals surface area contributed by atoms with E-state index in [4.69, 9.17) is 0 Å². The lowest BCUT2D eigenvalue weighted by Gasteiger charge is -2.04. The Balaban J connectivity index is 3.40. The molecule has 0 unspecified atom stereocenters. The lowest BCUT2D eigenvalue weighted by molar-refractivity contribution is -0.385. The fraction of sp³-hybridized carbons (Fsp3) is 0.182. The summed E-state index contributed by atoms with van der Waals surface area (Å²) in [7, 11) is 1.07. The fourth-order valence-electron chi connectivity index (χ4n) is 1.34. The third-order valence-corrected chi connectivity index (χ3v) is 2.13. The van der Waals surface area contributed by atoms with Gasteiger partial charge in [-0.3, -0.25) is 10.1 Å². The van der Waals surface area contributed by atoms with Gasteiger partial charge in [-0.05, 0) is 18.1 Å². The van der Waals surface area contributed by atoms with E-state index in [9.17, 15) is 19.3 Å². The van der Waals surface area contributed by atoms with Gasteiger partial charge < -0.3 is 4.74 Å². The van der Waals surface area contributed by atoms with Crippen molar-refractivity contribution in [2.75, 3.05) is 7.11 Å². The Morgan fingerprint density at radius 2 is 2.29 bits per heavy atom. The third-order valence-electron chi connectivity index (χ3n) is 2.13. The van der Waals surface area contributed by atoms with Crippen LogP contribution in [-0.2, 0) is 11.2 Å². The first kappa shape index (κ1) is 12.8. The average Bonchev–Trinajstić information content (AvgIpc) is 2.30. The van der Waals surface area contributed by atoms with Gasteiger partial charge in [0.05, 0.1) is 12.0 Å². The molecule has 0 aliphatic heterocycles. The molecule has 90 valence electrons. The summed E-state index contributed by atoms with van der Waals surface area (Å²) in [6.45, 7) is 3.42. The van der Waals surface area contributed by atoms with Crippen molar-refractivity contribution in [3.05, 3.63) is 51.8 Å². The SMILES string of the molecule is C=CCc1cc([N+](=O)[O-])c(C(=O)OC)cc1F. The van der Waals surface area contributed by atoms with Gasteiger partial charge in [0.1, 0.15) is 11.4 Å². The van der Waals surface area contributed by atoms with E-state index in [0.717, 1.165) is 19.2 Å². The second kappa shape index (κ2) is 5.20. The molecule has 0 heterocycles. The number of nitro benzene ring substituents is 1. The minimum Gasteiger partial charge on any atom is -0.465 e. The molecule has 1 aromatic rings. The first-order valence-electron chi connectivity index (χ1n) is 4.67. The molecule has 0 spiro atoms. The largest absolute Gasteiger partial charge is 0.465 e. The molecule has 17 heavy (non-hydrogen) atoms. The van der Waals surface area contributed by atoms with Crippen LogP contribution < -0.4 is 0 Å². The summed E-state index contributed by atoms with van der Waals surface area (Å²) in [5.74, 6) is -1.64. The first-order valence-corrected chi connectivity index (χ1v) is 4.67. The van der Waals surface area contributed by atoms with Gasteiger partial charge in [0.2, 0.25) is 0 Å². The molecule has 0 bridgehead atoms. The second-order valence-electron chi connectivity index (χ2n) is 3.20. The number of nitrogens with zero attached hydrogens (tertiary/aromatic N) is 1. The van der Waals surface area contributed by atoms with Crippen LogP contribution in [0.5, 0.6) is 0 Å². The number of halogens is 1. The van der Waals surface area contributed by atoms with Crippen LogP contribution in [0.2, 0.25) is 0 Å². The van der Waals surface area contributed by atoms with Gasteiger partial charge in [0.15, 0.2) is 0 Å². The Morgan fingerprint density at radius 1 is 1.65 bits per heavy atom. The highest BCUT2D eigenvalue weighted by atomic mass is 19.1. The van der Waals surface area contributed by atoms with Crippen LogP contribution >= 0.6 is 0 Å². The standard InChI is InChI=1S/C11H10FNO4/c1-3-4-7-5-10(13(15)16)8(6-9(7)12)11(14)17-2/h3,5-6H,1,4H2,2H3. The Morgan fingerprint density at radius 3 is 2.76 bits per heavy atom. The molecule has 0 N–H and O–H groups in total. The van der Waals surface area contributed by atoms with Crippen LogP contribution in [-0.4, -0.2) is 18.0 Å². The maximum atomic E-state index is 13.5. The molecule has 0 aliphatic rings. The molecule has 0 aromatic heterocycles. The van der Waals surface area contributed by atoms with Crippen molar-refractivity contribution in [2.45, 2.75) is 6.42 Å². The highest BCUT2D eigenvalue weighted by Gasteiger charge is 2.23. The highest BCUT2D eigenvalue weighted by Crippen LogP contribution is 2.24. The van der Waals surface area contributed by atoms with Crippen LogP contribution in [0.1, 0.15) is 15.9 Å². The van der Waals surface area contributed by atoms with Crippen LogP contribution in [0.3, 0.4) is 0 Å². The monoisotopic (exact) mass is 239 g/mol. The van der Waals surface area contributed by atoms with E-state index in [-0.39, 0.29) is 12.0 Å². The molecule has 1 aromatic carbocycles. The van der Waals surface area contributed by atoms with E-state index in [1.165, 1.54) is 6.08 Å². The molecule has 0 saturated carbocycles. The number of allylic oxidation sites excluding steroid dienone is 1. The van der Waals surface area contributed by atoms with Crippen LogP contribution in [0.15, 0.2) is 24.8 Å². The summed E-state index contributed by atoms with van der Waals surface area (Å²) in [4.78, 5) is 21.3. The highest BCUT2D eigenvalue weighted by molar-refractivity contribution is 5.94. The molecular weight excluding hydrogens is 229 g/mol. The van der Waals surface area contributed by atoms with Crippen molar-refractivity contribution in [3.63, 3.8) is 0 Å². The second-order valence-corrected chi connectivity index (χ2v) is 3.20. The summed E-state index contributed by atoms with van der Waals surface area (Å²) < 4.78 is 17.9. The third kappa shape index (κ3) is 2.66. The van der Waals surface area contributed by atoms with Crippen molar-refractivity contribution < 1.29 is 18.8 Å². The number of rotatable bonds is 4. The van der Waals surface area contributed by atoms with Gasteiger partial charge in [-0.2, -0.15) is 0 Å². The number of carbonyl (C=O) groups excluding carboxylic acids is 1. The van der Waals surface area contributed by atoms with E-state index in [1.807, 2.05) is 0 Å². The number of ether oxygens (including phenoxy) is 1. The van der Waals surface area contributed by atoms with Gasteiger partial charge in [0, 0.05) is 6.07 Å². The van der Waals surface area contributed by atoms with Gasteiger partial charge in [-0.1, -0.05) is 6.08 Å². The smallest absolute Gasteiger partial charge is 0.344 e. The molecule has 0 atom stereocenters. The quantitative estimate of drug-likeness (QED) is 0.349. The molecule has 1 rings (SSSR count). The average molecular weight is 239 g/mol. The molecule has 0 aliphatic carbocycles. The maximum Gasteiger partial charge on any atom is 0.344 e. The van der Waals surface area contributed by atoms with Crippen LogP contribution in [0.4, 0.5) is 10.1 Å². The van der Waals surface area contributed by atoms with Gasteiger partial charge in [0.25, 0.3) is 5.69 Å². The first-order chi connectivity index (χ1) is 8.01. The normalized spacial score (nSPS) is 9.76. The van der Waals surface area contributed by atoms with Crippen molar-refractivity contribution in [2.24, 2.45) is 0 Å². The van der Waals surface area contributed by atoms with Gasteiger partial charge >= 0.3 is 5.97 Å². The summed E-state index contributed by atoms with van der Waals surface area (Å²) >= 11 is 0. The predicted molar refractivity (Wildman–Crippen MR) is 58.3 cm³/mol. The maximum absolute atomic E-state index is 13.5. The number of hydrogen-bond acceptors (Lipinski definition) is 4.